The molecule has 2 aromatic rings. The Morgan fingerprint density at radius 2 is 1.86 bits per heavy atom. The van der Waals surface area contributed by atoms with E-state index in [1.54, 1.807) is 7.11 Å². The molecule has 0 saturated heterocycles. The normalized spacial score (nSPS) is 11.1. The number of carbonyl (C=O) groups is 1. The summed E-state index contributed by atoms with van der Waals surface area (Å²) in [6.45, 7) is 3.68. The van der Waals surface area contributed by atoms with Crippen LogP contribution < -0.4 is 4.74 Å². The zero-order valence-electron chi connectivity index (χ0n) is 13.1. The summed E-state index contributed by atoms with van der Waals surface area (Å²) < 4.78 is 10.5. The smallest absolute Gasteiger partial charge is 0.302 e. The number of hydrogen-bond acceptors (Lipinski definition) is 3. The van der Waals surface area contributed by atoms with Gasteiger partial charge in [-0.1, -0.05) is 42.0 Å². The fourth-order valence-corrected chi connectivity index (χ4v) is 2.28. The molecule has 0 aromatic heterocycles. The third-order valence-corrected chi connectivity index (χ3v) is 3.30. The van der Waals surface area contributed by atoms with Gasteiger partial charge in [0.15, 0.2) is 0 Å². The summed E-state index contributed by atoms with van der Waals surface area (Å²) in [6, 6.07) is 16.0. The molecule has 0 aliphatic heterocycles. The van der Waals surface area contributed by atoms with Gasteiger partial charge in [-0.2, -0.15) is 0 Å². The predicted molar refractivity (Wildman–Crippen MR) is 87.9 cm³/mol. The predicted octanol–water partition coefficient (Wildman–Crippen LogP) is 4.00. The van der Waals surface area contributed by atoms with E-state index in [2.05, 4.69) is 6.07 Å². The molecule has 22 heavy (non-hydrogen) atoms. The Morgan fingerprint density at radius 1 is 1.14 bits per heavy atom. The molecule has 0 heterocycles. The number of esters is 1. The van der Waals surface area contributed by atoms with Crippen molar-refractivity contribution in [3.05, 3.63) is 71.3 Å². The molecule has 2 aromatic carbocycles. The first-order valence-corrected chi connectivity index (χ1v) is 7.15. The topological polar surface area (TPSA) is 35.5 Å². The third kappa shape index (κ3) is 3.98. The van der Waals surface area contributed by atoms with Crippen LogP contribution >= 0.6 is 0 Å². The molecular weight excluding hydrogens is 276 g/mol. The first kappa shape index (κ1) is 15.8. The fourth-order valence-electron chi connectivity index (χ4n) is 2.28. The molecule has 0 fully saturated rings. The minimum atomic E-state index is -0.292. The van der Waals surface area contributed by atoms with Gasteiger partial charge in [0.05, 0.1) is 7.11 Å². The Kier molecular flexibility index (Phi) is 5.37. The molecule has 2 rings (SSSR count). The van der Waals surface area contributed by atoms with E-state index in [0.717, 1.165) is 28.0 Å². The monoisotopic (exact) mass is 296 g/mol. The van der Waals surface area contributed by atoms with E-state index in [9.17, 15) is 4.79 Å². The maximum Gasteiger partial charge on any atom is 0.302 e. The number of methoxy groups -OCH3 is 1. The highest BCUT2D eigenvalue weighted by Gasteiger charge is 2.11. The van der Waals surface area contributed by atoms with Crippen LogP contribution in [0.5, 0.6) is 5.75 Å². The van der Waals surface area contributed by atoms with Gasteiger partial charge in [0.1, 0.15) is 12.4 Å². The van der Waals surface area contributed by atoms with Gasteiger partial charge in [-0.15, -0.1) is 0 Å². The molecule has 0 saturated carbocycles. The number of ether oxygens (including phenoxy) is 2. The number of hydrogen-bond donors (Lipinski definition) is 0. The zero-order valence-corrected chi connectivity index (χ0v) is 13.1. The Bertz CT molecular complexity index is 672. The maximum absolute atomic E-state index is 11.0. The van der Waals surface area contributed by atoms with E-state index in [1.165, 1.54) is 6.92 Å². The molecule has 0 amide bonds. The van der Waals surface area contributed by atoms with E-state index in [4.69, 9.17) is 9.47 Å². The molecule has 0 bridgehead atoms. The van der Waals surface area contributed by atoms with Gasteiger partial charge >= 0.3 is 5.97 Å². The van der Waals surface area contributed by atoms with Crippen molar-refractivity contribution in [3.63, 3.8) is 0 Å². The quantitative estimate of drug-likeness (QED) is 0.782. The highest BCUT2D eigenvalue weighted by atomic mass is 16.5. The minimum Gasteiger partial charge on any atom is -0.496 e. The van der Waals surface area contributed by atoms with Crippen LogP contribution in [0, 0.1) is 6.92 Å². The molecule has 0 radical (unpaired) electrons. The fraction of sp³-hybridized carbons (Fsp3) is 0.211. The Hall–Kier alpha value is -2.55. The van der Waals surface area contributed by atoms with E-state index in [1.807, 2.05) is 55.5 Å². The SMILES string of the molecule is COc1ccc(C)cc1/C(=C/COC(C)=O)c1ccccc1. The van der Waals surface area contributed by atoms with Crippen molar-refractivity contribution in [2.24, 2.45) is 0 Å². The van der Waals surface area contributed by atoms with Crippen molar-refractivity contribution in [2.75, 3.05) is 13.7 Å². The summed E-state index contributed by atoms with van der Waals surface area (Å²) >= 11 is 0. The third-order valence-electron chi connectivity index (χ3n) is 3.30. The Morgan fingerprint density at radius 3 is 2.50 bits per heavy atom. The van der Waals surface area contributed by atoms with Gasteiger partial charge in [0.2, 0.25) is 0 Å². The average molecular weight is 296 g/mol. The number of rotatable bonds is 5. The van der Waals surface area contributed by atoms with Crippen LogP contribution in [0.3, 0.4) is 0 Å². The van der Waals surface area contributed by atoms with Crippen LogP contribution in [0.2, 0.25) is 0 Å². The lowest BCUT2D eigenvalue weighted by atomic mass is 9.95. The molecule has 3 heteroatoms. The summed E-state index contributed by atoms with van der Waals surface area (Å²) in [5.74, 6) is 0.503. The van der Waals surface area contributed by atoms with Gasteiger partial charge < -0.3 is 9.47 Å². The molecule has 0 N–H and O–H groups in total. The van der Waals surface area contributed by atoms with Crippen LogP contribution in [0.25, 0.3) is 5.57 Å². The van der Waals surface area contributed by atoms with Gasteiger partial charge in [0, 0.05) is 12.5 Å². The van der Waals surface area contributed by atoms with Crippen LogP contribution in [-0.2, 0) is 9.53 Å². The summed E-state index contributed by atoms with van der Waals surface area (Å²) in [5.41, 5.74) is 4.17. The molecule has 3 nitrogen and oxygen atoms in total. The van der Waals surface area contributed by atoms with Gasteiger partial charge in [-0.05, 0) is 36.3 Å². The van der Waals surface area contributed by atoms with Crippen LogP contribution in [0.4, 0.5) is 0 Å². The largest absolute Gasteiger partial charge is 0.496 e. The van der Waals surface area contributed by atoms with Crippen molar-refractivity contribution in [1.29, 1.82) is 0 Å². The minimum absolute atomic E-state index is 0.233. The Labute approximate surface area is 131 Å². The molecule has 0 aliphatic rings. The molecule has 0 unspecified atom stereocenters. The second kappa shape index (κ2) is 7.46. The second-order valence-corrected chi connectivity index (χ2v) is 4.99. The molecular formula is C19H20O3. The second-order valence-electron chi connectivity index (χ2n) is 4.99. The van der Waals surface area contributed by atoms with Crippen molar-refractivity contribution in [2.45, 2.75) is 13.8 Å². The van der Waals surface area contributed by atoms with E-state index in [0.29, 0.717) is 0 Å². The lowest BCUT2D eigenvalue weighted by molar-refractivity contribution is -0.139. The lowest BCUT2D eigenvalue weighted by Gasteiger charge is -2.14. The highest BCUT2D eigenvalue weighted by molar-refractivity contribution is 5.83. The first-order valence-electron chi connectivity index (χ1n) is 7.15. The van der Waals surface area contributed by atoms with Gasteiger partial charge in [0.25, 0.3) is 0 Å². The summed E-state index contributed by atoms with van der Waals surface area (Å²) in [7, 11) is 1.66. The summed E-state index contributed by atoms with van der Waals surface area (Å²) in [4.78, 5) is 11.0. The van der Waals surface area contributed by atoms with Crippen molar-refractivity contribution in [3.8, 4) is 5.75 Å². The van der Waals surface area contributed by atoms with Crippen LogP contribution in [0.1, 0.15) is 23.6 Å². The number of carbonyl (C=O) groups excluding carboxylic acids is 1. The van der Waals surface area contributed by atoms with E-state index >= 15 is 0 Å². The summed E-state index contributed by atoms with van der Waals surface area (Å²) in [6.07, 6.45) is 1.91. The molecule has 0 atom stereocenters. The molecule has 0 spiro atoms. The highest BCUT2D eigenvalue weighted by Crippen LogP contribution is 2.31. The maximum atomic E-state index is 11.0. The van der Waals surface area contributed by atoms with Crippen LogP contribution in [-0.4, -0.2) is 19.7 Å². The van der Waals surface area contributed by atoms with Crippen LogP contribution in [0.15, 0.2) is 54.6 Å². The van der Waals surface area contributed by atoms with Gasteiger partial charge in [-0.3, -0.25) is 4.79 Å². The number of benzene rings is 2. The first-order chi connectivity index (χ1) is 10.6. The standard InChI is InChI=1S/C19H20O3/c1-14-9-10-19(21-3)18(13-14)17(11-12-22-15(2)20)16-7-5-4-6-8-16/h4-11,13H,12H2,1-3H3/b17-11+. The van der Waals surface area contributed by atoms with Crippen molar-refractivity contribution >= 4 is 11.5 Å². The molecule has 114 valence electrons. The average Bonchev–Trinajstić information content (AvgIpc) is 2.52. The lowest BCUT2D eigenvalue weighted by Crippen LogP contribution is -2.00. The van der Waals surface area contributed by atoms with E-state index in [-0.39, 0.29) is 12.6 Å². The number of aryl methyl sites for hydroxylation is 1. The summed E-state index contributed by atoms with van der Waals surface area (Å²) in [5, 5.41) is 0. The van der Waals surface area contributed by atoms with E-state index < -0.39 is 0 Å². The molecule has 0 aliphatic carbocycles. The van der Waals surface area contributed by atoms with Crippen molar-refractivity contribution < 1.29 is 14.3 Å². The van der Waals surface area contributed by atoms with Gasteiger partial charge in [-0.25, -0.2) is 0 Å². The Balaban J connectivity index is 2.49. The van der Waals surface area contributed by atoms with Crippen molar-refractivity contribution in [1.82, 2.24) is 0 Å². The zero-order chi connectivity index (χ0) is 15.9.